The van der Waals surface area contributed by atoms with Crippen molar-refractivity contribution >= 4 is 31.5 Å². The third-order valence-corrected chi connectivity index (χ3v) is 8.15. The van der Waals surface area contributed by atoms with Crippen molar-refractivity contribution in [2.24, 2.45) is 0 Å². The topological polar surface area (TPSA) is 153 Å². The number of aromatic hydroxyl groups is 1. The van der Waals surface area contributed by atoms with Gasteiger partial charge >= 0.3 is 0 Å². The monoisotopic (exact) mass is 511 g/mol. The van der Waals surface area contributed by atoms with E-state index in [-0.39, 0.29) is 27.6 Å². The van der Waals surface area contributed by atoms with Crippen molar-refractivity contribution in [1.82, 2.24) is 4.72 Å². The Balaban J connectivity index is 2.47. The number of sulfone groups is 1. The molecule has 12 heteroatoms. The number of amides is 1. The fourth-order valence-electron chi connectivity index (χ4n) is 3.39. The largest absolute Gasteiger partial charge is 0.507 e. The molecule has 1 amide bonds. The lowest BCUT2D eigenvalue weighted by Gasteiger charge is -2.22. The van der Waals surface area contributed by atoms with Gasteiger partial charge in [-0.3, -0.25) is 4.79 Å². The van der Waals surface area contributed by atoms with Gasteiger partial charge in [-0.15, -0.1) is 0 Å². The molecule has 0 unspecified atom stereocenters. The van der Waals surface area contributed by atoms with Crippen molar-refractivity contribution < 1.29 is 31.1 Å². The summed E-state index contributed by atoms with van der Waals surface area (Å²) in [5.74, 6) is -4.35. The molecule has 3 N–H and O–H groups in total. The van der Waals surface area contributed by atoms with E-state index in [0.717, 1.165) is 25.2 Å². The molecule has 2 aromatic carbocycles. The van der Waals surface area contributed by atoms with Crippen LogP contribution in [0.2, 0.25) is 0 Å². The van der Waals surface area contributed by atoms with E-state index in [9.17, 15) is 36.4 Å². The van der Waals surface area contributed by atoms with Gasteiger partial charge < -0.3 is 10.4 Å². The Bertz CT molecular complexity index is 1380. The summed E-state index contributed by atoms with van der Waals surface area (Å²) in [5.41, 5.74) is 0.468. The molecular formula is C22H26FN3O6S2. The minimum Gasteiger partial charge on any atom is -0.507 e. The predicted molar refractivity (Wildman–Crippen MR) is 124 cm³/mol. The standard InChI is InChI=1S/C22H26FN3O6S2/c1-12(2)16-8-14(10-24)21(23)20(13(3)4)22(16)26-19(28)11-33(29,30)18-7-6-15(9-17(18)27)34(31,32)25-5/h6-9,12-13,25,27H,11H2,1-5H3,(H,26,28). The predicted octanol–water partition coefficient (Wildman–Crippen LogP) is 2.97. The number of benzene rings is 2. The molecule has 0 saturated heterocycles. The average molecular weight is 512 g/mol. The number of phenols is 1. The zero-order valence-corrected chi connectivity index (χ0v) is 20.9. The van der Waals surface area contributed by atoms with Crippen LogP contribution in [-0.2, 0) is 24.7 Å². The van der Waals surface area contributed by atoms with Crippen LogP contribution < -0.4 is 10.0 Å². The van der Waals surface area contributed by atoms with E-state index >= 15 is 0 Å². The fraction of sp³-hybridized carbons (Fsp3) is 0.364. The highest BCUT2D eigenvalue weighted by Crippen LogP contribution is 2.36. The second kappa shape index (κ2) is 10.1. The molecule has 2 rings (SSSR count). The number of nitrogens with zero attached hydrogens (tertiary/aromatic N) is 1. The van der Waals surface area contributed by atoms with Crippen LogP contribution in [0, 0.1) is 17.1 Å². The minimum atomic E-state index is -4.39. The summed E-state index contributed by atoms with van der Waals surface area (Å²) in [7, 11) is -7.16. The number of anilines is 1. The van der Waals surface area contributed by atoms with E-state index in [1.54, 1.807) is 33.8 Å². The highest BCUT2D eigenvalue weighted by molar-refractivity contribution is 7.92. The second-order valence-corrected chi connectivity index (χ2v) is 12.0. The average Bonchev–Trinajstić information content (AvgIpc) is 2.72. The number of phenolic OH excluding ortho intramolecular Hbond substituents is 1. The van der Waals surface area contributed by atoms with Crippen molar-refractivity contribution in [3.05, 3.63) is 46.8 Å². The fourth-order valence-corrected chi connectivity index (χ4v) is 5.37. The van der Waals surface area contributed by atoms with Crippen LogP contribution in [0.25, 0.3) is 0 Å². The molecule has 0 aliphatic rings. The maximum Gasteiger partial charge on any atom is 0.240 e. The second-order valence-electron chi connectivity index (χ2n) is 8.18. The summed E-state index contributed by atoms with van der Waals surface area (Å²) >= 11 is 0. The number of nitriles is 1. The Morgan fingerprint density at radius 3 is 2.21 bits per heavy atom. The number of carbonyl (C=O) groups is 1. The van der Waals surface area contributed by atoms with Crippen LogP contribution in [0.15, 0.2) is 34.1 Å². The minimum absolute atomic E-state index is 0.0815. The Hall–Kier alpha value is -3.01. The van der Waals surface area contributed by atoms with Crippen molar-refractivity contribution in [2.45, 2.75) is 49.3 Å². The first-order chi connectivity index (χ1) is 15.7. The molecule has 0 atom stereocenters. The molecular weight excluding hydrogens is 485 g/mol. The molecule has 0 radical (unpaired) electrons. The summed E-state index contributed by atoms with van der Waals surface area (Å²) in [5, 5.41) is 21.9. The lowest BCUT2D eigenvalue weighted by atomic mass is 9.89. The molecule has 0 bridgehead atoms. The number of halogens is 1. The van der Waals surface area contributed by atoms with E-state index in [0.29, 0.717) is 5.56 Å². The Morgan fingerprint density at radius 1 is 1.12 bits per heavy atom. The first-order valence-electron chi connectivity index (χ1n) is 10.2. The van der Waals surface area contributed by atoms with Gasteiger partial charge in [-0.2, -0.15) is 5.26 Å². The number of nitrogens with one attached hydrogen (secondary N) is 2. The van der Waals surface area contributed by atoms with Gasteiger partial charge in [0, 0.05) is 11.6 Å². The molecule has 0 heterocycles. The Kier molecular flexibility index (Phi) is 8.08. The first-order valence-corrected chi connectivity index (χ1v) is 13.3. The lowest BCUT2D eigenvalue weighted by molar-refractivity contribution is -0.113. The molecule has 0 aromatic heterocycles. The van der Waals surface area contributed by atoms with E-state index in [4.69, 9.17) is 0 Å². The van der Waals surface area contributed by atoms with Crippen LogP contribution in [-0.4, -0.2) is 40.6 Å². The van der Waals surface area contributed by atoms with Crippen LogP contribution in [0.4, 0.5) is 10.1 Å². The van der Waals surface area contributed by atoms with E-state index in [1.807, 2.05) is 4.72 Å². The van der Waals surface area contributed by atoms with Gasteiger partial charge in [-0.1, -0.05) is 27.7 Å². The van der Waals surface area contributed by atoms with E-state index in [2.05, 4.69) is 5.32 Å². The number of hydrogen-bond donors (Lipinski definition) is 3. The maximum absolute atomic E-state index is 14.9. The summed E-state index contributed by atoms with van der Waals surface area (Å²) in [6.07, 6.45) is 0. The van der Waals surface area contributed by atoms with Crippen molar-refractivity contribution in [3.63, 3.8) is 0 Å². The van der Waals surface area contributed by atoms with Crippen molar-refractivity contribution in [3.8, 4) is 11.8 Å². The molecule has 0 aliphatic heterocycles. The summed E-state index contributed by atoms with van der Waals surface area (Å²) in [4.78, 5) is 11.8. The SMILES string of the molecule is CNS(=O)(=O)c1ccc(S(=O)(=O)CC(=O)Nc2c(C(C)C)cc(C#N)c(F)c2C(C)C)c(O)c1. The van der Waals surface area contributed by atoms with Gasteiger partial charge in [-0.05, 0) is 42.6 Å². The molecule has 0 spiro atoms. The molecule has 34 heavy (non-hydrogen) atoms. The normalized spacial score (nSPS) is 12.1. The van der Waals surface area contributed by atoms with Crippen LogP contribution in [0.5, 0.6) is 5.75 Å². The third-order valence-electron chi connectivity index (χ3n) is 5.08. The summed E-state index contributed by atoms with van der Waals surface area (Å²) in [6.45, 7) is 6.91. The van der Waals surface area contributed by atoms with E-state index in [1.165, 1.54) is 6.07 Å². The first kappa shape index (κ1) is 27.2. The lowest BCUT2D eigenvalue weighted by Crippen LogP contribution is -2.25. The molecule has 0 aliphatic carbocycles. The molecule has 0 fully saturated rings. The molecule has 2 aromatic rings. The quantitative estimate of drug-likeness (QED) is 0.492. The number of hydrogen-bond acceptors (Lipinski definition) is 7. The van der Waals surface area contributed by atoms with Crippen LogP contribution in [0.1, 0.15) is 56.2 Å². The smallest absolute Gasteiger partial charge is 0.240 e. The van der Waals surface area contributed by atoms with Crippen LogP contribution >= 0.6 is 0 Å². The van der Waals surface area contributed by atoms with Gasteiger partial charge in [0.25, 0.3) is 0 Å². The van der Waals surface area contributed by atoms with Gasteiger partial charge in [-0.25, -0.2) is 25.9 Å². The van der Waals surface area contributed by atoms with Crippen LogP contribution in [0.3, 0.4) is 0 Å². The number of sulfonamides is 1. The third kappa shape index (κ3) is 5.55. The Labute approximate surface area is 198 Å². The van der Waals surface area contributed by atoms with Gasteiger partial charge in [0.15, 0.2) is 9.84 Å². The van der Waals surface area contributed by atoms with Gasteiger partial charge in [0.1, 0.15) is 28.3 Å². The zero-order chi connectivity index (χ0) is 26.0. The van der Waals surface area contributed by atoms with Crippen molar-refractivity contribution in [2.75, 3.05) is 18.1 Å². The number of rotatable bonds is 8. The zero-order valence-electron chi connectivity index (χ0n) is 19.3. The summed E-state index contributed by atoms with van der Waals surface area (Å²) in [6, 6.07) is 5.76. The summed E-state index contributed by atoms with van der Waals surface area (Å²) < 4.78 is 66.2. The highest BCUT2D eigenvalue weighted by atomic mass is 32.2. The van der Waals surface area contributed by atoms with Gasteiger partial charge in [0.05, 0.1) is 16.1 Å². The highest BCUT2D eigenvalue weighted by Gasteiger charge is 2.28. The number of carbonyl (C=O) groups excluding carboxylic acids is 1. The maximum atomic E-state index is 14.9. The molecule has 0 saturated carbocycles. The molecule has 184 valence electrons. The van der Waals surface area contributed by atoms with E-state index < -0.39 is 53.9 Å². The Morgan fingerprint density at radius 2 is 1.74 bits per heavy atom. The van der Waals surface area contributed by atoms with Gasteiger partial charge in [0.2, 0.25) is 15.9 Å². The van der Waals surface area contributed by atoms with Crippen molar-refractivity contribution in [1.29, 1.82) is 5.26 Å². The molecule has 9 nitrogen and oxygen atoms in total.